The lowest BCUT2D eigenvalue weighted by atomic mass is 10.0. The van der Waals surface area contributed by atoms with Gasteiger partial charge in [-0.2, -0.15) is 13.2 Å². The lowest BCUT2D eigenvalue weighted by Crippen LogP contribution is -2.50. The van der Waals surface area contributed by atoms with Crippen molar-refractivity contribution in [2.24, 2.45) is 0 Å². The van der Waals surface area contributed by atoms with Gasteiger partial charge in [0, 0.05) is 6.54 Å². The monoisotopic (exact) mass is 342 g/mol. The molecule has 1 aliphatic rings. The van der Waals surface area contributed by atoms with Crippen LogP contribution in [0.3, 0.4) is 0 Å². The molecule has 0 bridgehead atoms. The van der Waals surface area contributed by atoms with Crippen molar-refractivity contribution in [3.8, 4) is 0 Å². The molecule has 132 valence electrons. The molecule has 2 atom stereocenters. The lowest BCUT2D eigenvalue weighted by molar-refractivity contribution is -0.186. The molecule has 24 heavy (non-hydrogen) atoms. The Bertz CT molecular complexity index is 599. The van der Waals surface area contributed by atoms with Crippen molar-refractivity contribution in [3.63, 3.8) is 0 Å². The maximum atomic E-state index is 12.6. The lowest BCUT2D eigenvalue weighted by Gasteiger charge is -2.26. The summed E-state index contributed by atoms with van der Waals surface area (Å²) in [5, 5.41) is 2.71. The van der Waals surface area contributed by atoms with Crippen LogP contribution in [0.2, 0.25) is 0 Å². The van der Waals surface area contributed by atoms with Crippen LogP contribution in [-0.2, 0) is 16.0 Å². The Kier molecular flexibility index (Phi) is 5.51. The van der Waals surface area contributed by atoms with Gasteiger partial charge < -0.3 is 10.2 Å². The van der Waals surface area contributed by atoms with Gasteiger partial charge in [0.05, 0.1) is 6.04 Å². The predicted octanol–water partition coefficient (Wildman–Crippen LogP) is 2.98. The van der Waals surface area contributed by atoms with E-state index >= 15 is 0 Å². The number of benzene rings is 1. The molecule has 0 aliphatic carbocycles. The van der Waals surface area contributed by atoms with Crippen molar-refractivity contribution in [1.29, 1.82) is 0 Å². The van der Waals surface area contributed by atoms with Gasteiger partial charge in [0.1, 0.15) is 6.04 Å². The number of carbonyl (C=O) groups is 2. The first kappa shape index (κ1) is 18.3. The SMILES string of the molecule is CCc1ccc(C(C)NC(=O)C2CCCN2C(=O)C(F)(F)F)cc1. The Hall–Kier alpha value is -2.05. The third-order valence-corrected chi connectivity index (χ3v) is 4.31. The summed E-state index contributed by atoms with van der Waals surface area (Å²) in [6.07, 6.45) is -3.42. The minimum absolute atomic E-state index is 0.0456. The molecule has 1 fully saturated rings. The molecule has 0 spiro atoms. The van der Waals surface area contributed by atoms with E-state index in [1.54, 1.807) is 6.92 Å². The summed E-state index contributed by atoms with van der Waals surface area (Å²) in [5.74, 6) is -2.49. The Balaban J connectivity index is 2.03. The molecule has 1 aliphatic heterocycles. The first-order valence-corrected chi connectivity index (χ1v) is 8.01. The standard InChI is InChI=1S/C17H21F3N2O2/c1-3-12-6-8-13(9-7-12)11(2)21-15(23)14-5-4-10-22(14)16(24)17(18,19)20/h6-9,11,14H,3-5,10H2,1-2H3,(H,21,23). The number of amides is 2. The molecule has 1 saturated heterocycles. The van der Waals surface area contributed by atoms with E-state index in [-0.39, 0.29) is 19.0 Å². The predicted molar refractivity (Wildman–Crippen MR) is 83.2 cm³/mol. The van der Waals surface area contributed by atoms with Crippen LogP contribution >= 0.6 is 0 Å². The van der Waals surface area contributed by atoms with Crippen LogP contribution in [0.4, 0.5) is 13.2 Å². The van der Waals surface area contributed by atoms with Gasteiger partial charge in [0.15, 0.2) is 0 Å². The van der Waals surface area contributed by atoms with E-state index < -0.39 is 24.0 Å². The fraction of sp³-hybridized carbons (Fsp3) is 0.529. The van der Waals surface area contributed by atoms with Gasteiger partial charge >= 0.3 is 12.1 Å². The maximum absolute atomic E-state index is 12.6. The Labute approximate surface area is 139 Å². The number of alkyl halides is 3. The molecule has 2 amide bonds. The minimum Gasteiger partial charge on any atom is -0.348 e. The summed E-state index contributed by atoms with van der Waals surface area (Å²) < 4.78 is 37.8. The Morgan fingerprint density at radius 1 is 1.29 bits per heavy atom. The zero-order chi connectivity index (χ0) is 17.9. The number of aryl methyl sites for hydroxylation is 1. The van der Waals surface area contributed by atoms with Crippen LogP contribution in [0.25, 0.3) is 0 Å². The second kappa shape index (κ2) is 7.23. The van der Waals surface area contributed by atoms with Gasteiger partial charge in [0.25, 0.3) is 0 Å². The third-order valence-electron chi connectivity index (χ3n) is 4.31. The number of halogens is 3. The number of hydrogen-bond acceptors (Lipinski definition) is 2. The van der Waals surface area contributed by atoms with Gasteiger partial charge in [-0.15, -0.1) is 0 Å². The molecule has 0 saturated carbocycles. The molecule has 1 aromatic rings. The molecule has 1 aromatic carbocycles. The minimum atomic E-state index is -4.95. The quantitative estimate of drug-likeness (QED) is 0.914. The Morgan fingerprint density at radius 3 is 2.46 bits per heavy atom. The normalized spacial score (nSPS) is 19.2. The van der Waals surface area contributed by atoms with E-state index in [0.29, 0.717) is 11.3 Å². The van der Waals surface area contributed by atoms with E-state index in [0.717, 1.165) is 17.5 Å². The number of rotatable bonds is 4. The van der Waals surface area contributed by atoms with Gasteiger partial charge in [-0.25, -0.2) is 0 Å². The average molecular weight is 342 g/mol. The fourth-order valence-corrected chi connectivity index (χ4v) is 2.88. The van der Waals surface area contributed by atoms with E-state index in [9.17, 15) is 22.8 Å². The van der Waals surface area contributed by atoms with Gasteiger partial charge in [-0.05, 0) is 37.3 Å². The van der Waals surface area contributed by atoms with Crippen LogP contribution in [0, 0.1) is 0 Å². The highest BCUT2D eigenvalue weighted by molar-refractivity contribution is 5.90. The molecule has 7 heteroatoms. The third kappa shape index (κ3) is 4.07. The molecule has 2 rings (SSSR count). The van der Waals surface area contributed by atoms with Crippen molar-refractivity contribution >= 4 is 11.8 Å². The van der Waals surface area contributed by atoms with E-state index in [1.165, 1.54) is 0 Å². The molecular formula is C17H21F3N2O2. The van der Waals surface area contributed by atoms with Crippen molar-refractivity contribution in [2.75, 3.05) is 6.54 Å². The average Bonchev–Trinajstić information content (AvgIpc) is 3.02. The molecule has 0 aromatic heterocycles. The van der Waals surface area contributed by atoms with E-state index in [4.69, 9.17) is 0 Å². The number of hydrogen-bond donors (Lipinski definition) is 1. The topological polar surface area (TPSA) is 49.4 Å². The van der Waals surface area contributed by atoms with Crippen LogP contribution in [-0.4, -0.2) is 35.5 Å². The molecule has 2 unspecified atom stereocenters. The largest absolute Gasteiger partial charge is 0.471 e. The molecular weight excluding hydrogens is 321 g/mol. The highest BCUT2D eigenvalue weighted by Gasteiger charge is 2.47. The van der Waals surface area contributed by atoms with Crippen LogP contribution in [0.5, 0.6) is 0 Å². The molecule has 1 N–H and O–H groups in total. The second-order valence-corrected chi connectivity index (χ2v) is 5.98. The molecule has 0 radical (unpaired) electrons. The summed E-state index contributed by atoms with van der Waals surface area (Å²) in [7, 11) is 0. The number of carbonyl (C=O) groups excluding carboxylic acids is 2. The zero-order valence-corrected chi connectivity index (χ0v) is 13.7. The van der Waals surface area contributed by atoms with Crippen LogP contribution in [0.15, 0.2) is 24.3 Å². The Morgan fingerprint density at radius 2 is 1.92 bits per heavy atom. The first-order valence-electron chi connectivity index (χ1n) is 8.01. The second-order valence-electron chi connectivity index (χ2n) is 5.98. The smallest absolute Gasteiger partial charge is 0.348 e. The maximum Gasteiger partial charge on any atom is 0.471 e. The van der Waals surface area contributed by atoms with Gasteiger partial charge in [-0.1, -0.05) is 31.2 Å². The highest BCUT2D eigenvalue weighted by Crippen LogP contribution is 2.26. The summed E-state index contributed by atoms with van der Waals surface area (Å²) in [6, 6.07) is 6.28. The van der Waals surface area contributed by atoms with Crippen molar-refractivity contribution < 1.29 is 22.8 Å². The van der Waals surface area contributed by atoms with Gasteiger partial charge in [0.2, 0.25) is 5.91 Å². The number of nitrogens with one attached hydrogen (secondary N) is 1. The van der Waals surface area contributed by atoms with Crippen molar-refractivity contribution in [1.82, 2.24) is 10.2 Å². The van der Waals surface area contributed by atoms with Crippen LogP contribution in [0.1, 0.15) is 43.9 Å². The summed E-state index contributed by atoms with van der Waals surface area (Å²) in [5.41, 5.74) is 2.03. The highest BCUT2D eigenvalue weighted by atomic mass is 19.4. The van der Waals surface area contributed by atoms with E-state index in [1.807, 2.05) is 31.2 Å². The van der Waals surface area contributed by atoms with Crippen molar-refractivity contribution in [2.45, 2.75) is 51.4 Å². The number of nitrogens with zero attached hydrogens (tertiary/aromatic N) is 1. The summed E-state index contributed by atoms with van der Waals surface area (Å²) in [4.78, 5) is 24.4. The zero-order valence-electron chi connectivity index (χ0n) is 13.7. The van der Waals surface area contributed by atoms with E-state index in [2.05, 4.69) is 5.32 Å². The van der Waals surface area contributed by atoms with Crippen LogP contribution < -0.4 is 5.32 Å². The van der Waals surface area contributed by atoms with Gasteiger partial charge in [-0.3, -0.25) is 9.59 Å². The first-order chi connectivity index (χ1) is 11.2. The summed E-state index contributed by atoms with van der Waals surface area (Å²) in [6.45, 7) is 3.76. The van der Waals surface area contributed by atoms with Crippen molar-refractivity contribution in [3.05, 3.63) is 35.4 Å². The molecule has 4 nitrogen and oxygen atoms in total. The molecule has 1 heterocycles. The summed E-state index contributed by atoms with van der Waals surface area (Å²) >= 11 is 0. The number of likely N-dealkylation sites (tertiary alicyclic amines) is 1. The fourth-order valence-electron chi connectivity index (χ4n) is 2.88.